The third kappa shape index (κ3) is 2.69. The maximum atomic E-state index is 12.9. The van der Waals surface area contributed by atoms with E-state index in [2.05, 4.69) is 10.2 Å². The van der Waals surface area contributed by atoms with Gasteiger partial charge in [-0.25, -0.2) is 13.2 Å². The summed E-state index contributed by atoms with van der Waals surface area (Å²) in [6, 6.07) is 6.48. The zero-order chi connectivity index (χ0) is 17.6. The fourth-order valence-electron chi connectivity index (χ4n) is 3.32. The molecule has 2 aromatic heterocycles. The predicted molar refractivity (Wildman–Crippen MR) is 90.8 cm³/mol. The van der Waals surface area contributed by atoms with E-state index in [-0.39, 0.29) is 10.5 Å². The molecule has 0 bridgehead atoms. The summed E-state index contributed by atoms with van der Waals surface area (Å²) in [6.45, 7) is 0.894. The van der Waals surface area contributed by atoms with E-state index < -0.39 is 15.8 Å². The molecule has 0 aliphatic carbocycles. The van der Waals surface area contributed by atoms with Crippen molar-refractivity contribution in [3.63, 3.8) is 0 Å². The molecule has 3 aromatic rings. The van der Waals surface area contributed by atoms with Gasteiger partial charge in [-0.3, -0.25) is 9.67 Å². The van der Waals surface area contributed by atoms with Crippen LogP contribution in [0.3, 0.4) is 0 Å². The molecular formula is C16H18N4O4S. The highest BCUT2D eigenvalue weighted by Crippen LogP contribution is 2.30. The van der Waals surface area contributed by atoms with Crippen LogP contribution >= 0.6 is 0 Å². The SMILES string of the molecule is Cn1c(=O)oc2cc(S(=O)(=O)N3CCC(c4ccn[nH]4)CC3)ccc21. The third-order valence-corrected chi connectivity index (χ3v) is 6.71. The van der Waals surface area contributed by atoms with Crippen LogP contribution in [0.5, 0.6) is 0 Å². The maximum Gasteiger partial charge on any atom is 0.419 e. The molecule has 1 aliphatic heterocycles. The number of aromatic nitrogens is 3. The number of sulfonamides is 1. The summed E-state index contributed by atoms with van der Waals surface area (Å²) in [7, 11) is -2.03. The van der Waals surface area contributed by atoms with Crippen LogP contribution in [0.2, 0.25) is 0 Å². The van der Waals surface area contributed by atoms with Crippen LogP contribution in [0.1, 0.15) is 24.5 Å². The lowest BCUT2D eigenvalue weighted by Gasteiger charge is -2.30. The van der Waals surface area contributed by atoms with Crippen molar-refractivity contribution < 1.29 is 12.8 Å². The summed E-state index contributed by atoms with van der Waals surface area (Å²) in [5.74, 6) is -0.214. The molecule has 1 N–H and O–H groups in total. The molecule has 0 radical (unpaired) electrons. The normalized spacial score (nSPS) is 17.3. The van der Waals surface area contributed by atoms with E-state index in [1.54, 1.807) is 19.3 Å². The van der Waals surface area contributed by atoms with Crippen LogP contribution in [0.15, 0.2) is 44.6 Å². The molecule has 0 atom stereocenters. The lowest BCUT2D eigenvalue weighted by molar-refractivity contribution is 0.316. The number of piperidine rings is 1. The number of aryl methyl sites for hydroxylation is 1. The summed E-state index contributed by atoms with van der Waals surface area (Å²) >= 11 is 0. The zero-order valence-electron chi connectivity index (χ0n) is 13.7. The zero-order valence-corrected chi connectivity index (χ0v) is 14.5. The van der Waals surface area contributed by atoms with Crippen LogP contribution in [-0.2, 0) is 17.1 Å². The number of H-pyrrole nitrogens is 1. The monoisotopic (exact) mass is 362 g/mol. The van der Waals surface area contributed by atoms with Crippen LogP contribution in [0, 0.1) is 0 Å². The number of hydrogen-bond acceptors (Lipinski definition) is 5. The summed E-state index contributed by atoms with van der Waals surface area (Å²) < 4.78 is 33.7. The number of fused-ring (bicyclic) bond motifs is 1. The number of oxazole rings is 1. The molecule has 132 valence electrons. The first kappa shape index (κ1) is 16.1. The summed E-state index contributed by atoms with van der Waals surface area (Å²) in [5.41, 5.74) is 1.90. The molecule has 1 aliphatic rings. The topological polar surface area (TPSA) is 101 Å². The van der Waals surface area contributed by atoms with E-state index in [0.717, 1.165) is 18.5 Å². The van der Waals surface area contributed by atoms with E-state index in [0.29, 0.717) is 24.5 Å². The van der Waals surface area contributed by atoms with Crippen molar-refractivity contribution in [3.8, 4) is 0 Å². The van der Waals surface area contributed by atoms with Crippen molar-refractivity contribution in [1.82, 2.24) is 19.1 Å². The van der Waals surface area contributed by atoms with Crippen molar-refractivity contribution in [1.29, 1.82) is 0 Å². The molecule has 0 spiro atoms. The molecular weight excluding hydrogens is 344 g/mol. The summed E-state index contributed by atoms with van der Waals surface area (Å²) in [6.07, 6.45) is 3.19. The number of nitrogens with zero attached hydrogens (tertiary/aromatic N) is 3. The average molecular weight is 362 g/mol. The first-order valence-electron chi connectivity index (χ1n) is 8.06. The Kier molecular flexibility index (Phi) is 3.77. The van der Waals surface area contributed by atoms with Gasteiger partial charge in [0, 0.05) is 44.0 Å². The first-order valence-corrected chi connectivity index (χ1v) is 9.50. The van der Waals surface area contributed by atoms with Gasteiger partial charge in [-0.2, -0.15) is 9.40 Å². The van der Waals surface area contributed by atoms with Gasteiger partial charge >= 0.3 is 5.76 Å². The highest BCUT2D eigenvalue weighted by Gasteiger charge is 2.30. The highest BCUT2D eigenvalue weighted by atomic mass is 32.2. The van der Waals surface area contributed by atoms with Crippen LogP contribution < -0.4 is 5.76 Å². The van der Waals surface area contributed by atoms with Gasteiger partial charge in [0.15, 0.2) is 5.58 Å². The molecule has 9 heteroatoms. The lowest BCUT2D eigenvalue weighted by atomic mass is 9.95. The van der Waals surface area contributed by atoms with Gasteiger partial charge in [0.05, 0.1) is 10.4 Å². The number of nitrogens with one attached hydrogen (secondary N) is 1. The molecule has 0 amide bonds. The molecule has 25 heavy (non-hydrogen) atoms. The molecule has 1 fully saturated rings. The number of hydrogen-bond donors (Lipinski definition) is 1. The second-order valence-electron chi connectivity index (χ2n) is 6.25. The predicted octanol–water partition coefficient (Wildman–Crippen LogP) is 1.42. The van der Waals surface area contributed by atoms with Gasteiger partial charge in [-0.1, -0.05) is 0 Å². The number of benzene rings is 1. The van der Waals surface area contributed by atoms with Gasteiger partial charge in [-0.15, -0.1) is 0 Å². The second-order valence-corrected chi connectivity index (χ2v) is 8.18. The quantitative estimate of drug-likeness (QED) is 0.759. The van der Waals surface area contributed by atoms with Crippen LogP contribution in [0.25, 0.3) is 11.1 Å². The molecule has 3 heterocycles. The fraction of sp³-hybridized carbons (Fsp3) is 0.375. The minimum atomic E-state index is -3.61. The smallest absolute Gasteiger partial charge is 0.408 e. The van der Waals surface area contributed by atoms with E-state index in [1.165, 1.54) is 21.0 Å². The Morgan fingerprint density at radius 2 is 2.00 bits per heavy atom. The van der Waals surface area contributed by atoms with Crippen molar-refractivity contribution in [3.05, 3.63) is 46.7 Å². The Balaban J connectivity index is 1.59. The standard InChI is InChI=1S/C16H18N4O4S/c1-19-14-3-2-12(10-15(14)24-16(19)21)25(22,23)20-8-5-11(6-9-20)13-4-7-17-18-13/h2-4,7,10-11H,5-6,8-9H2,1H3,(H,17,18). The summed E-state index contributed by atoms with van der Waals surface area (Å²) in [5, 5.41) is 6.91. The van der Waals surface area contributed by atoms with E-state index >= 15 is 0 Å². The Bertz CT molecular complexity index is 1060. The van der Waals surface area contributed by atoms with Crippen molar-refractivity contribution >= 4 is 21.1 Å². The minimum Gasteiger partial charge on any atom is -0.408 e. The minimum absolute atomic E-state index is 0.148. The van der Waals surface area contributed by atoms with Gasteiger partial charge in [0.2, 0.25) is 10.0 Å². The Hall–Kier alpha value is -2.39. The third-order valence-electron chi connectivity index (χ3n) is 4.82. The molecule has 1 saturated heterocycles. The van der Waals surface area contributed by atoms with E-state index in [4.69, 9.17) is 4.42 Å². The highest BCUT2D eigenvalue weighted by molar-refractivity contribution is 7.89. The number of aromatic amines is 1. The fourth-order valence-corrected chi connectivity index (χ4v) is 4.81. The van der Waals surface area contributed by atoms with Crippen molar-refractivity contribution in [2.75, 3.05) is 13.1 Å². The first-order chi connectivity index (χ1) is 12.0. The maximum absolute atomic E-state index is 12.9. The van der Waals surface area contributed by atoms with Gasteiger partial charge in [0.1, 0.15) is 0 Å². The van der Waals surface area contributed by atoms with Crippen molar-refractivity contribution in [2.45, 2.75) is 23.7 Å². The van der Waals surface area contributed by atoms with Gasteiger partial charge in [0.25, 0.3) is 0 Å². The van der Waals surface area contributed by atoms with E-state index in [9.17, 15) is 13.2 Å². The largest absolute Gasteiger partial charge is 0.419 e. The van der Waals surface area contributed by atoms with Gasteiger partial charge < -0.3 is 4.42 Å². The Morgan fingerprint density at radius 3 is 2.68 bits per heavy atom. The average Bonchev–Trinajstić information content (AvgIpc) is 3.24. The molecule has 1 aromatic carbocycles. The van der Waals surface area contributed by atoms with Crippen LogP contribution in [-0.4, -0.2) is 40.6 Å². The van der Waals surface area contributed by atoms with Gasteiger partial charge in [-0.05, 0) is 31.0 Å². The Labute approximate surface area is 144 Å². The molecule has 4 rings (SSSR count). The molecule has 8 nitrogen and oxygen atoms in total. The number of rotatable bonds is 3. The Morgan fingerprint density at radius 1 is 1.24 bits per heavy atom. The second kappa shape index (κ2) is 5.85. The lowest BCUT2D eigenvalue weighted by Crippen LogP contribution is -2.37. The van der Waals surface area contributed by atoms with E-state index in [1.807, 2.05) is 6.07 Å². The van der Waals surface area contributed by atoms with Crippen molar-refractivity contribution in [2.24, 2.45) is 7.05 Å². The summed E-state index contributed by atoms with van der Waals surface area (Å²) in [4.78, 5) is 11.7. The molecule has 0 saturated carbocycles. The van der Waals surface area contributed by atoms with Crippen LogP contribution in [0.4, 0.5) is 0 Å². The molecule has 0 unspecified atom stereocenters.